The lowest BCUT2D eigenvalue weighted by Gasteiger charge is -2.20. The van der Waals surface area contributed by atoms with Crippen molar-refractivity contribution in [2.45, 2.75) is 34.0 Å². The monoisotopic (exact) mass is 404 g/mol. The Morgan fingerprint density at radius 2 is 2.00 bits per heavy atom. The van der Waals surface area contributed by atoms with Crippen LogP contribution in [0, 0.1) is 24.0 Å². The first-order valence-electron chi connectivity index (χ1n) is 8.87. The normalized spacial score (nSPS) is 12.7. The zero-order valence-corrected chi connectivity index (χ0v) is 16.2. The quantitative estimate of drug-likeness (QED) is 0.442. The van der Waals surface area contributed by atoms with E-state index in [1.807, 2.05) is 0 Å². The molecule has 1 aliphatic heterocycles. The number of nitro groups is 1. The molecule has 10 heteroatoms. The highest BCUT2D eigenvalue weighted by Gasteiger charge is 2.25. The molecule has 1 aromatic carbocycles. The number of hydrogen-bond donors (Lipinski definition) is 1. The number of H-pyrrole nitrogens is 1. The van der Waals surface area contributed by atoms with E-state index in [0.717, 1.165) is 0 Å². The molecule has 0 spiro atoms. The third-order valence-electron chi connectivity index (χ3n) is 4.46. The molecule has 1 N–H and O–H groups in total. The van der Waals surface area contributed by atoms with Gasteiger partial charge in [-0.25, -0.2) is 9.59 Å². The predicted molar refractivity (Wildman–Crippen MR) is 98.7 cm³/mol. The molecule has 1 aliphatic rings. The minimum Gasteiger partial charge on any atom is -0.467 e. The minimum absolute atomic E-state index is 0.00356. The number of fused-ring (bicyclic) bond motifs is 1. The molecule has 0 saturated heterocycles. The van der Waals surface area contributed by atoms with E-state index < -0.39 is 16.9 Å². The third kappa shape index (κ3) is 4.06. The Bertz CT molecular complexity index is 979. The lowest BCUT2D eigenvalue weighted by atomic mass is 10.1. The molecule has 3 rings (SSSR count). The van der Waals surface area contributed by atoms with Crippen molar-refractivity contribution in [1.29, 1.82) is 0 Å². The Kier molecular flexibility index (Phi) is 5.83. The van der Waals surface area contributed by atoms with Gasteiger partial charge in [0.1, 0.15) is 18.1 Å². The molecular weight excluding hydrogens is 384 g/mol. The van der Waals surface area contributed by atoms with Gasteiger partial charge in [0, 0.05) is 29.0 Å². The molecule has 0 aliphatic carbocycles. The summed E-state index contributed by atoms with van der Waals surface area (Å²) in [6.07, 6.45) is 0. The van der Waals surface area contributed by atoms with Crippen molar-refractivity contribution in [2.75, 3.05) is 13.4 Å². The number of ether oxygens (including phenoxy) is 4. The summed E-state index contributed by atoms with van der Waals surface area (Å²) < 4.78 is 20.9. The van der Waals surface area contributed by atoms with Crippen LogP contribution >= 0.6 is 0 Å². The van der Waals surface area contributed by atoms with E-state index in [-0.39, 0.29) is 43.6 Å². The van der Waals surface area contributed by atoms with Crippen LogP contribution in [0.4, 0.5) is 5.69 Å². The van der Waals surface area contributed by atoms with Gasteiger partial charge >= 0.3 is 11.9 Å². The van der Waals surface area contributed by atoms with Gasteiger partial charge in [0.25, 0.3) is 5.69 Å². The van der Waals surface area contributed by atoms with Crippen molar-refractivity contribution in [2.24, 2.45) is 0 Å². The van der Waals surface area contributed by atoms with Crippen LogP contribution in [-0.4, -0.2) is 35.2 Å². The summed E-state index contributed by atoms with van der Waals surface area (Å²) in [5.74, 6) is -0.825. The van der Waals surface area contributed by atoms with Gasteiger partial charge in [0.2, 0.25) is 0 Å². The molecular formula is C19H20N2O8. The van der Waals surface area contributed by atoms with Crippen LogP contribution < -0.4 is 4.74 Å². The minimum atomic E-state index is -0.700. The van der Waals surface area contributed by atoms with Crippen LogP contribution in [0.15, 0.2) is 12.1 Å². The fourth-order valence-electron chi connectivity index (χ4n) is 3.17. The summed E-state index contributed by atoms with van der Waals surface area (Å²) in [6, 6.07) is 2.66. The maximum Gasteiger partial charge on any atom is 0.355 e. The molecule has 0 fully saturated rings. The van der Waals surface area contributed by atoms with Gasteiger partial charge in [-0.3, -0.25) is 10.1 Å². The van der Waals surface area contributed by atoms with Gasteiger partial charge in [0.05, 0.1) is 23.7 Å². The Balaban J connectivity index is 1.83. The van der Waals surface area contributed by atoms with Crippen molar-refractivity contribution in [3.63, 3.8) is 0 Å². The molecule has 29 heavy (non-hydrogen) atoms. The van der Waals surface area contributed by atoms with Crippen LogP contribution in [0.5, 0.6) is 5.75 Å². The molecule has 2 aromatic rings. The molecule has 0 saturated carbocycles. The highest BCUT2D eigenvalue weighted by molar-refractivity contribution is 5.98. The van der Waals surface area contributed by atoms with Gasteiger partial charge in [-0.1, -0.05) is 0 Å². The number of hydrogen-bond acceptors (Lipinski definition) is 8. The smallest absolute Gasteiger partial charge is 0.355 e. The second kappa shape index (κ2) is 8.31. The summed E-state index contributed by atoms with van der Waals surface area (Å²) >= 11 is 0. The van der Waals surface area contributed by atoms with E-state index in [2.05, 4.69) is 4.98 Å². The second-order valence-electron chi connectivity index (χ2n) is 6.38. The Labute approximate surface area is 165 Å². The number of aromatic amines is 1. The van der Waals surface area contributed by atoms with Crippen molar-refractivity contribution >= 4 is 17.6 Å². The van der Waals surface area contributed by atoms with Gasteiger partial charge in [-0.05, 0) is 26.3 Å². The lowest BCUT2D eigenvalue weighted by molar-refractivity contribution is -0.385. The number of aromatic nitrogens is 1. The van der Waals surface area contributed by atoms with E-state index in [4.69, 9.17) is 18.9 Å². The number of carbonyl (C=O) groups excluding carboxylic acids is 2. The maximum absolute atomic E-state index is 12.6. The number of non-ortho nitro benzene ring substituents is 1. The maximum atomic E-state index is 12.6. The first-order chi connectivity index (χ1) is 13.8. The Morgan fingerprint density at radius 1 is 1.24 bits per heavy atom. The number of rotatable bonds is 6. The summed E-state index contributed by atoms with van der Waals surface area (Å²) in [5, 5.41) is 11.2. The van der Waals surface area contributed by atoms with Crippen LogP contribution in [0.2, 0.25) is 0 Å². The predicted octanol–water partition coefficient (Wildman–Crippen LogP) is 2.94. The van der Waals surface area contributed by atoms with E-state index in [1.54, 1.807) is 20.8 Å². The van der Waals surface area contributed by atoms with Gasteiger partial charge in [-0.2, -0.15) is 0 Å². The zero-order valence-electron chi connectivity index (χ0n) is 16.2. The third-order valence-corrected chi connectivity index (χ3v) is 4.46. The summed E-state index contributed by atoms with van der Waals surface area (Å²) in [5.41, 5.74) is 2.02. The van der Waals surface area contributed by atoms with Crippen molar-refractivity contribution in [3.8, 4) is 5.75 Å². The average Bonchev–Trinajstić information content (AvgIpc) is 3.00. The van der Waals surface area contributed by atoms with E-state index in [1.165, 1.54) is 12.1 Å². The molecule has 10 nitrogen and oxygen atoms in total. The highest BCUT2D eigenvalue weighted by Crippen LogP contribution is 2.33. The summed E-state index contributed by atoms with van der Waals surface area (Å²) in [4.78, 5) is 38.1. The highest BCUT2D eigenvalue weighted by atomic mass is 16.7. The topological polar surface area (TPSA) is 130 Å². The number of aryl methyl sites for hydroxylation is 1. The second-order valence-corrected chi connectivity index (χ2v) is 6.38. The van der Waals surface area contributed by atoms with Crippen LogP contribution in [0.25, 0.3) is 0 Å². The van der Waals surface area contributed by atoms with Crippen LogP contribution in [-0.2, 0) is 27.4 Å². The van der Waals surface area contributed by atoms with E-state index in [9.17, 15) is 19.7 Å². The number of carbonyl (C=O) groups is 2. The molecule has 0 atom stereocenters. The van der Waals surface area contributed by atoms with Gasteiger partial charge in [-0.15, -0.1) is 0 Å². The molecule has 2 heterocycles. The molecule has 154 valence electrons. The SMILES string of the molecule is CCOC(=O)c1c(C)[nH]c(C(=O)OCc2cc([N+](=O)[O-])cc3c2OCOC3)c1C. The number of esters is 2. The number of nitro benzene ring substituents is 1. The Morgan fingerprint density at radius 3 is 2.69 bits per heavy atom. The molecule has 0 bridgehead atoms. The zero-order chi connectivity index (χ0) is 21.1. The standard InChI is InChI=1S/C19H20N2O8/c1-4-27-18(22)15-10(2)16(20-11(15)3)19(23)28-8-13-6-14(21(24)25)5-12-7-26-9-29-17(12)13/h5-6,20H,4,7-9H2,1-3H3. The summed E-state index contributed by atoms with van der Waals surface area (Å²) in [7, 11) is 0. The lowest BCUT2D eigenvalue weighted by Crippen LogP contribution is -2.15. The van der Waals surface area contributed by atoms with Crippen LogP contribution in [0.1, 0.15) is 50.2 Å². The van der Waals surface area contributed by atoms with Crippen molar-refractivity contribution in [3.05, 3.63) is 55.9 Å². The fraction of sp³-hybridized carbons (Fsp3) is 0.368. The van der Waals surface area contributed by atoms with E-state index in [0.29, 0.717) is 28.1 Å². The fourth-order valence-corrected chi connectivity index (χ4v) is 3.17. The number of nitrogens with one attached hydrogen (secondary N) is 1. The molecule has 0 radical (unpaired) electrons. The van der Waals surface area contributed by atoms with E-state index >= 15 is 0 Å². The van der Waals surface area contributed by atoms with Crippen molar-refractivity contribution in [1.82, 2.24) is 4.98 Å². The molecule has 0 amide bonds. The van der Waals surface area contributed by atoms with Crippen LogP contribution in [0.3, 0.4) is 0 Å². The van der Waals surface area contributed by atoms with Crippen molar-refractivity contribution < 1.29 is 33.5 Å². The Hall–Kier alpha value is -3.40. The number of benzene rings is 1. The number of nitrogens with zero attached hydrogens (tertiary/aromatic N) is 1. The summed E-state index contributed by atoms with van der Waals surface area (Å²) in [6.45, 7) is 5.10. The van der Waals surface area contributed by atoms with Gasteiger partial charge < -0.3 is 23.9 Å². The van der Waals surface area contributed by atoms with Gasteiger partial charge in [0.15, 0.2) is 6.79 Å². The average molecular weight is 404 g/mol. The first-order valence-corrected chi connectivity index (χ1v) is 8.87. The first kappa shape index (κ1) is 20.3. The molecule has 1 aromatic heterocycles. The molecule has 0 unspecified atom stereocenters. The largest absolute Gasteiger partial charge is 0.467 e.